The Kier molecular flexibility index (Phi) is 5.20. The molecule has 2 N–H and O–H groups in total. The second-order valence-corrected chi connectivity index (χ2v) is 9.50. The molecule has 0 aliphatic heterocycles. The minimum atomic E-state index is -1.04. The van der Waals surface area contributed by atoms with E-state index in [9.17, 15) is 9.90 Å². The normalized spacial score (nSPS) is 26.1. The zero-order chi connectivity index (χ0) is 20.1. The molecule has 28 heavy (non-hydrogen) atoms. The van der Waals surface area contributed by atoms with E-state index in [4.69, 9.17) is 34.8 Å². The molecule has 1 fully saturated rings. The van der Waals surface area contributed by atoms with Crippen molar-refractivity contribution in [2.45, 2.75) is 36.6 Å². The van der Waals surface area contributed by atoms with Crippen LogP contribution in [-0.4, -0.2) is 16.6 Å². The van der Waals surface area contributed by atoms with Crippen molar-refractivity contribution in [1.29, 1.82) is 0 Å². The first kappa shape index (κ1) is 20.1. The van der Waals surface area contributed by atoms with Gasteiger partial charge >= 0.3 is 5.97 Å². The highest BCUT2D eigenvalue weighted by molar-refractivity contribution is 9.11. The first-order chi connectivity index (χ1) is 13.3. The smallest absolute Gasteiger partial charge is 0.329 e. The lowest BCUT2D eigenvalue weighted by Gasteiger charge is -2.44. The van der Waals surface area contributed by atoms with Crippen molar-refractivity contribution in [3.05, 3.63) is 67.1 Å². The van der Waals surface area contributed by atoms with E-state index in [0.717, 1.165) is 15.6 Å². The van der Waals surface area contributed by atoms with Crippen molar-refractivity contribution < 1.29 is 9.90 Å². The second-order valence-electron chi connectivity index (χ2n) is 7.42. The number of rotatable bonds is 3. The summed E-state index contributed by atoms with van der Waals surface area (Å²) in [7, 11) is 0. The molecule has 0 unspecified atom stereocenters. The lowest BCUT2D eigenvalue weighted by Crippen LogP contribution is -2.52. The number of hydrogen-bond donors (Lipinski definition) is 2. The van der Waals surface area contributed by atoms with Gasteiger partial charge in [0.2, 0.25) is 0 Å². The van der Waals surface area contributed by atoms with Gasteiger partial charge in [-0.1, -0.05) is 62.9 Å². The first-order valence-electron chi connectivity index (χ1n) is 8.91. The molecule has 0 atom stereocenters. The Morgan fingerprint density at radius 2 is 1.79 bits per heavy atom. The monoisotopic (exact) mass is 499 g/mol. The molecule has 0 amide bonds. The molecule has 0 bridgehead atoms. The van der Waals surface area contributed by atoms with Gasteiger partial charge in [-0.25, -0.2) is 4.79 Å². The fourth-order valence-electron chi connectivity index (χ4n) is 4.36. The molecule has 0 saturated heterocycles. The maximum absolute atomic E-state index is 12.2. The van der Waals surface area contributed by atoms with Gasteiger partial charge in [0.25, 0.3) is 0 Å². The first-order valence-corrected chi connectivity index (χ1v) is 10.8. The van der Waals surface area contributed by atoms with Crippen molar-refractivity contribution >= 4 is 68.5 Å². The van der Waals surface area contributed by atoms with Gasteiger partial charge < -0.3 is 10.4 Å². The molecule has 2 aliphatic rings. The summed E-state index contributed by atoms with van der Waals surface area (Å²) in [6, 6.07) is 11.0. The third-order valence-electron chi connectivity index (χ3n) is 5.95. The van der Waals surface area contributed by atoms with E-state index >= 15 is 0 Å². The van der Waals surface area contributed by atoms with E-state index in [1.807, 2.05) is 30.3 Å². The SMILES string of the molecule is O=C(O)C1(Nc2cccc(Cl)c2)CCC2(CC1)C(Br)=Cc1c2ccc(Cl)c1Cl. The Balaban J connectivity index is 1.66. The van der Waals surface area contributed by atoms with Crippen LogP contribution in [0, 0.1) is 0 Å². The van der Waals surface area contributed by atoms with Crippen LogP contribution in [0.3, 0.4) is 0 Å². The average molecular weight is 502 g/mol. The molecule has 0 heterocycles. The lowest BCUT2D eigenvalue weighted by atomic mass is 9.65. The summed E-state index contributed by atoms with van der Waals surface area (Å²) >= 11 is 22.4. The van der Waals surface area contributed by atoms with Crippen molar-refractivity contribution in [3.63, 3.8) is 0 Å². The Morgan fingerprint density at radius 1 is 1.07 bits per heavy atom. The minimum absolute atomic E-state index is 0.265. The summed E-state index contributed by atoms with van der Waals surface area (Å²) in [5, 5.41) is 14.9. The van der Waals surface area contributed by atoms with Crippen LogP contribution in [-0.2, 0) is 10.2 Å². The number of halogens is 4. The molecule has 2 aliphatic carbocycles. The highest BCUT2D eigenvalue weighted by atomic mass is 79.9. The fraction of sp³-hybridized carbons (Fsp3) is 0.286. The largest absolute Gasteiger partial charge is 0.480 e. The number of carboxylic acids is 1. The predicted molar refractivity (Wildman–Crippen MR) is 119 cm³/mol. The number of allylic oxidation sites excluding steroid dienone is 1. The Morgan fingerprint density at radius 3 is 2.43 bits per heavy atom. The second kappa shape index (κ2) is 7.24. The Bertz CT molecular complexity index is 997. The zero-order valence-electron chi connectivity index (χ0n) is 14.7. The number of hydrogen-bond acceptors (Lipinski definition) is 2. The zero-order valence-corrected chi connectivity index (χ0v) is 18.6. The molecule has 7 heteroatoms. The maximum Gasteiger partial charge on any atom is 0.329 e. The molecular formula is C21H17BrCl3NO2. The molecule has 0 aromatic heterocycles. The van der Waals surface area contributed by atoms with Crippen molar-refractivity contribution in [2.24, 2.45) is 0 Å². The van der Waals surface area contributed by atoms with Gasteiger partial charge in [0, 0.05) is 20.6 Å². The molecule has 0 radical (unpaired) electrons. The van der Waals surface area contributed by atoms with Gasteiger partial charge in [-0.3, -0.25) is 0 Å². The number of anilines is 1. The summed E-state index contributed by atoms with van der Waals surface area (Å²) in [5.41, 5.74) is 1.44. The number of nitrogens with one attached hydrogen (secondary N) is 1. The highest BCUT2D eigenvalue weighted by Gasteiger charge is 2.51. The third kappa shape index (κ3) is 3.15. The fourth-order valence-corrected chi connectivity index (χ4v) is 5.78. The minimum Gasteiger partial charge on any atom is -0.480 e. The summed E-state index contributed by atoms with van der Waals surface area (Å²) in [4.78, 5) is 12.2. The third-order valence-corrected chi connectivity index (χ3v) is 7.99. The Labute approximate surface area is 186 Å². The number of carbonyl (C=O) groups is 1. The topological polar surface area (TPSA) is 49.3 Å². The molecule has 1 saturated carbocycles. The van der Waals surface area contributed by atoms with Gasteiger partial charge in [0.1, 0.15) is 5.54 Å². The van der Waals surface area contributed by atoms with E-state index in [1.165, 1.54) is 0 Å². The standard InChI is InChI=1S/C21H17BrCl3NO2/c22-17-11-14-15(4-5-16(24)18(14)25)20(17)6-8-21(9-7-20,19(27)28)26-13-3-1-2-12(23)10-13/h1-5,10-11,26H,6-9H2,(H,27,28). The van der Waals surface area contributed by atoms with Gasteiger partial charge in [-0.05, 0) is 67.2 Å². The van der Waals surface area contributed by atoms with E-state index in [-0.39, 0.29) is 5.41 Å². The summed E-state index contributed by atoms with van der Waals surface area (Å²) in [5.74, 6) is -0.852. The molecular weight excluding hydrogens is 484 g/mol. The summed E-state index contributed by atoms with van der Waals surface area (Å²) in [6.07, 6.45) is 4.31. The molecule has 2 aromatic carbocycles. The van der Waals surface area contributed by atoms with Crippen molar-refractivity contribution in [2.75, 3.05) is 5.32 Å². The molecule has 146 valence electrons. The van der Waals surface area contributed by atoms with Crippen molar-refractivity contribution in [1.82, 2.24) is 0 Å². The molecule has 3 nitrogen and oxygen atoms in total. The Hall–Kier alpha value is -1.20. The summed E-state index contributed by atoms with van der Waals surface area (Å²) in [6.45, 7) is 0. The van der Waals surface area contributed by atoms with Crippen molar-refractivity contribution in [3.8, 4) is 0 Å². The predicted octanol–water partition coefficient (Wildman–Crippen LogP) is 7.14. The highest BCUT2D eigenvalue weighted by Crippen LogP contribution is 2.57. The van der Waals surface area contributed by atoms with Gasteiger partial charge in [-0.15, -0.1) is 0 Å². The van der Waals surface area contributed by atoms with Crippen LogP contribution in [0.5, 0.6) is 0 Å². The summed E-state index contributed by atoms with van der Waals surface area (Å²) < 4.78 is 1.03. The van der Waals surface area contributed by atoms with Gasteiger partial charge in [0.15, 0.2) is 0 Å². The van der Waals surface area contributed by atoms with E-state index in [0.29, 0.717) is 46.4 Å². The van der Waals surface area contributed by atoms with E-state index < -0.39 is 11.5 Å². The van der Waals surface area contributed by atoms with Crippen LogP contribution < -0.4 is 5.32 Å². The maximum atomic E-state index is 12.2. The average Bonchev–Trinajstić information content (AvgIpc) is 2.93. The van der Waals surface area contributed by atoms with Crippen LogP contribution in [0.2, 0.25) is 15.1 Å². The number of carboxylic acid groups (broad SMARTS) is 1. The van der Waals surface area contributed by atoms with E-state index in [2.05, 4.69) is 21.2 Å². The van der Waals surface area contributed by atoms with Crippen LogP contribution in [0.15, 0.2) is 40.9 Å². The molecule has 1 spiro atoms. The van der Waals surface area contributed by atoms with Crippen LogP contribution in [0.25, 0.3) is 6.08 Å². The van der Waals surface area contributed by atoms with Crippen LogP contribution >= 0.6 is 50.7 Å². The van der Waals surface area contributed by atoms with E-state index in [1.54, 1.807) is 12.1 Å². The quantitative estimate of drug-likeness (QED) is 0.470. The number of benzene rings is 2. The number of aliphatic carboxylic acids is 1. The van der Waals surface area contributed by atoms with Gasteiger partial charge in [-0.2, -0.15) is 0 Å². The molecule has 4 rings (SSSR count). The van der Waals surface area contributed by atoms with Crippen LogP contribution in [0.4, 0.5) is 5.69 Å². The van der Waals surface area contributed by atoms with Gasteiger partial charge in [0.05, 0.1) is 10.0 Å². The number of fused-ring (bicyclic) bond motifs is 2. The van der Waals surface area contributed by atoms with Crippen LogP contribution in [0.1, 0.15) is 36.8 Å². The molecule has 2 aromatic rings. The lowest BCUT2D eigenvalue weighted by molar-refractivity contribution is -0.143.